The third kappa shape index (κ3) is 6.33. The van der Waals surface area contributed by atoms with Crippen LogP contribution < -0.4 is 21.1 Å². The monoisotopic (exact) mass is 436 g/mol. The number of benzene rings is 2. The molecule has 0 atom stereocenters. The SMILES string of the molecule is CC(C)(C)c1ccc(C(=O)NCCC(=O)NNC(=O)CN2CCCc3ccccc32)cc1. The number of carbonyl (C=O) groups is 3. The second-order valence-electron chi connectivity index (χ2n) is 9.08. The van der Waals surface area contributed by atoms with E-state index in [9.17, 15) is 14.4 Å². The highest BCUT2D eigenvalue weighted by Crippen LogP contribution is 2.26. The topological polar surface area (TPSA) is 90.5 Å². The molecule has 3 rings (SSSR count). The molecule has 0 saturated carbocycles. The number of fused-ring (bicyclic) bond motifs is 1. The average Bonchev–Trinajstić information content (AvgIpc) is 2.77. The molecule has 0 unspecified atom stereocenters. The zero-order valence-electron chi connectivity index (χ0n) is 19.0. The van der Waals surface area contributed by atoms with Gasteiger partial charge in [-0.3, -0.25) is 25.2 Å². The van der Waals surface area contributed by atoms with Crippen LogP contribution in [0.3, 0.4) is 0 Å². The van der Waals surface area contributed by atoms with E-state index in [-0.39, 0.29) is 42.6 Å². The highest BCUT2D eigenvalue weighted by atomic mass is 16.2. The Morgan fingerprint density at radius 1 is 0.938 bits per heavy atom. The molecule has 7 nitrogen and oxygen atoms in total. The molecule has 0 aliphatic carbocycles. The highest BCUT2D eigenvalue weighted by Gasteiger charge is 2.19. The summed E-state index contributed by atoms with van der Waals surface area (Å²) in [6.45, 7) is 7.52. The Bertz CT molecular complexity index is 964. The fourth-order valence-corrected chi connectivity index (χ4v) is 3.70. The van der Waals surface area contributed by atoms with E-state index in [1.807, 2.05) is 35.2 Å². The number of amides is 3. The van der Waals surface area contributed by atoms with Crippen LogP contribution >= 0.6 is 0 Å². The van der Waals surface area contributed by atoms with Crippen molar-refractivity contribution in [3.63, 3.8) is 0 Å². The summed E-state index contributed by atoms with van der Waals surface area (Å²) in [7, 11) is 0. The Kier molecular flexibility index (Phi) is 7.51. The largest absolute Gasteiger partial charge is 0.362 e. The van der Waals surface area contributed by atoms with Crippen LogP contribution in [-0.2, 0) is 21.4 Å². The van der Waals surface area contributed by atoms with E-state index in [4.69, 9.17) is 0 Å². The Balaban J connectivity index is 1.37. The van der Waals surface area contributed by atoms with E-state index >= 15 is 0 Å². The van der Waals surface area contributed by atoms with Gasteiger partial charge in [0.25, 0.3) is 11.8 Å². The van der Waals surface area contributed by atoms with Gasteiger partial charge in [0.2, 0.25) is 5.91 Å². The van der Waals surface area contributed by atoms with Gasteiger partial charge in [-0.1, -0.05) is 51.1 Å². The first-order valence-electron chi connectivity index (χ1n) is 11.0. The van der Waals surface area contributed by atoms with E-state index in [0.29, 0.717) is 5.56 Å². The first kappa shape index (κ1) is 23.3. The maximum absolute atomic E-state index is 12.3. The first-order valence-corrected chi connectivity index (χ1v) is 11.0. The van der Waals surface area contributed by atoms with Gasteiger partial charge >= 0.3 is 0 Å². The van der Waals surface area contributed by atoms with Gasteiger partial charge in [0.1, 0.15) is 0 Å². The van der Waals surface area contributed by atoms with Crippen molar-refractivity contribution in [2.75, 3.05) is 24.5 Å². The van der Waals surface area contributed by atoms with Crippen LogP contribution in [0, 0.1) is 0 Å². The molecule has 170 valence electrons. The molecule has 32 heavy (non-hydrogen) atoms. The number of anilines is 1. The van der Waals surface area contributed by atoms with E-state index < -0.39 is 0 Å². The van der Waals surface area contributed by atoms with Crippen LogP contribution in [0.15, 0.2) is 48.5 Å². The summed E-state index contributed by atoms with van der Waals surface area (Å²) in [4.78, 5) is 38.6. The number of nitrogens with one attached hydrogen (secondary N) is 3. The average molecular weight is 437 g/mol. The summed E-state index contributed by atoms with van der Waals surface area (Å²) in [6, 6.07) is 15.5. The lowest BCUT2D eigenvalue weighted by molar-refractivity contribution is -0.128. The molecule has 3 N–H and O–H groups in total. The highest BCUT2D eigenvalue weighted by molar-refractivity contribution is 5.94. The van der Waals surface area contributed by atoms with E-state index in [1.54, 1.807) is 12.1 Å². The second-order valence-corrected chi connectivity index (χ2v) is 9.08. The van der Waals surface area contributed by atoms with Gasteiger partial charge in [0.15, 0.2) is 0 Å². The number of rotatable bonds is 6. The maximum atomic E-state index is 12.3. The Morgan fingerprint density at radius 3 is 2.34 bits per heavy atom. The minimum absolute atomic E-state index is 0.0227. The fourth-order valence-electron chi connectivity index (χ4n) is 3.70. The van der Waals surface area contributed by atoms with Crippen LogP contribution in [-0.4, -0.2) is 37.4 Å². The van der Waals surface area contributed by atoms with Gasteiger partial charge in [-0.2, -0.15) is 0 Å². The van der Waals surface area contributed by atoms with Gasteiger partial charge in [-0.15, -0.1) is 0 Å². The summed E-state index contributed by atoms with van der Waals surface area (Å²) < 4.78 is 0. The minimum atomic E-state index is -0.360. The predicted octanol–water partition coefficient (Wildman–Crippen LogP) is 2.70. The number of carbonyl (C=O) groups excluding carboxylic acids is 3. The van der Waals surface area contributed by atoms with Crippen molar-refractivity contribution >= 4 is 23.4 Å². The molecule has 3 amide bonds. The Morgan fingerprint density at radius 2 is 1.62 bits per heavy atom. The smallest absolute Gasteiger partial charge is 0.257 e. The number of hydrogen-bond donors (Lipinski definition) is 3. The molecular formula is C25H32N4O3. The van der Waals surface area contributed by atoms with Gasteiger partial charge in [-0.25, -0.2) is 0 Å². The summed E-state index contributed by atoms with van der Waals surface area (Å²) in [5.74, 6) is -0.870. The van der Waals surface area contributed by atoms with Crippen molar-refractivity contribution in [1.82, 2.24) is 16.2 Å². The van der Waals surface area contributed by atoms with Crippen molar-refractivity contribution in [3.8, 4) is 0 Å². The van der Waals surface area contributed by atoms with E-state index in [0.717, 1.165) is 30.6 Å². The van der Waals surface area contributed by atoms with Crippen molar-refractivity contribution in [3.05, 3.63) is 65.2 Å². The normalized spacial score (nSPS) is 13.2. The van der Waals surface area contributed by atoms with E-state index in [1.165, 1.54) is 5.56 Å². The third-order valence-electron chi connectivity index (χ3n) is 5.53. The first-order chi connectivity index (χ1) is 15.2. The molecule has 0 radical (unpaired) electrons. The second kappa shape index (κ2) is 10.3. The van der Waals surface area contributed by atoms with E-state index in [2.05, 4.69) is 43.0 Å². The summed E-state index contributed by atoms with van der Waals surface area (Å²) in [6.07, 6.45) is 2.07. The van der Waals surface area contributed by atoms with Gasteiger partial charge in [0.05, 0.1) is 6.54 Å². The molecule has 1 heterocycles. The molecule has 7 heteroatoms. The van der Waals surface area contributed by atoms with Crippen LogP contribution in [0.2, 0.25) is 0 Å². The third-order valence-corrected chi connectivity index (χ3v) is 5.53. The molecule has 1 aliphatic heterocycles. The van der Waals surface area contributed by atoms with Crippen LogP contribution in [0.5, 0.6) is 0 Å². The molecule has 1 aliphatic rings. The summed E-state index contributed by atoms with van der Waals surface area (Å²) >= 11 is 0. The molecule has 0 spiro atoms. The van der Waals surface area contributed by atoms with Crippen LogP contribution in [0.4, 0.5) is 5.69 Å². The number of hydrazine groups is 1. The molecule has 2 aromatic carbocycles. The van der Waals surface area contributed by atoms with Crippen LogP contribution in [0.1, 0.15) is 55.1 Å². The van der Waals surface area contributed by atoms with Gasteiger partial charge < -0.3 is 10.2 Å². The summed E-state index contributed by atoms with van der Waals surface area (Å²) in [5.41, 5.74) is 8.90. The minimum Gasteiger partial charge on any atom is -0.362 e. The molecular weight excluding hydrogens is 404 g/mol. The van der Waals surface area contributed by atoms with Gasteiger partial charge in [0, 0.05) is 30.8 Å². The lowest BCUT2D eigenvalue weighted by Gasteiger charge is -2.30. The standard InChI is InChI=1S/C25H32N4O3/c1-25(2,3)20-12-10-19(11-13-20)24(32)26-15-14-22(30)27-28-23(31)17-29-16-6-8-18-7-4-5-9-21(18)29/h4-5,7,9-13H,6,8,14-17H2,1-3H3,(H,26,32)(H,27,30)(H,28,31). The summed E-state index contributed by atoms with van der Waals surface area (Å²) in [5, 5.41) is 2.73. The predicted molar refractivity (Wildman–Crippen MR) is 125 cm³/mol. The quantitative estimate of drug-likeness (QED) is 0.608. The molecule has 0 saturated heterocycles. The molecule has 0 fully saturated rings. The number of aryl methyl sites for hydroxylation is 1. The molecule has 0 aromatic heterocycles. The number of hydrogen-bond acceptors (Lipinski definition) is 4. The molecule has 0 bridgehead atoms. The fraction of sp³-hybridized carbons (Fsp3) is 0.400. The maximum Gasteiger partial charge on any atom is 0.257 e. The molecule has 2 aromatic rings. The van der Waals surface area contributed by atoms with Crippen molar-refractivity contribution in [2.45, 2.75) is 45.4 Å². The Labute approximate surface area is 189 Å². The van der Waals surface area contributed by atoms with Gasteiger partial charge in [-0.05, 0) is 47.6 Å². The van der Waals surface area contributed by atoms with Crippen molar-refractivity contribution in [1.29, 1.82) is 0 Å². The number of nitrogens with zero attached hydrogens (tertiary/aromatic N) is 1. The number of para-hydroxylation sites is 1. The van der Waals surface area contributed by atoms with Crippen molar-refractivity contribution in [2.24, 2.45) is 0 Å². The Hall–Kier alpha value is -3.35. The zero-order chi connectivity index (χ0) is 23.1. The lowest BCUT2D eigenvalue weighted by Crippen LogP contribution is -2.47. The van der Waals surface area contributed by atoms with Crippen molar-refractivity contribution < 1.29 is 14.4 Å². The lowest BCUT2D eigenvalue weighted by atomic mass is 9.87. The van der Waals surface area contributed by atoms with Crippen LogP contribution in [0.25, 0.3) is 0 Å². The zero-order valence-corrected chi connectivity index (χ0v) is 19.0.